The minimum Gasteiger partial charge on any atom is -0.496 e. The smallest absolute Gasteiger partial charge is 0.257 e. The van der Waals surface area contributed by atoms with Crippen molar-refractivity contribution in [1.29, 1.82) is 0 Å². The molecule has 0 radical (unpaired) electrons. The lowest BCUT2D eigenvalue weighted by molar-refractivity contribution is 0.0652. The molecule has 0 aromatic heterocycles. The maximum absolute atomic E-state index is 12.8. The van der Waals surface area contributed by atoms with E-state index in [0.717, 1.165) is 38.0 Å². The molecule has 1 N–H and O–H groups in total. The summed E-state index contributed by atoms with van der Waals surface area (Å²) in [5.41, 5.74) is 1.75. The standard InChI is InChI=1S/C16H24N2O2/c1-4-18(13-7-9-17-10-8-13)16(19)14-11-12(2)5-6-15(14)20-3/h5-6,11,13,17H,4,7-10H2,1-3H3. The summed E-state index contributed by atoms with van der Waals surface area (Å²) >= 11 is 0. The molecule has 1 fully saturated rings. The van der Waals surface area contributed by atoms with E-state index in [2.05, 4.69) is 5.32 Å². The highest BCUT2D eigenvalue weighted by Crippen LogP contribution is 2.23. The van der Waals surface area contributed by atoms with E-state index in [1.54, 1.807) is 7.11 Å². The number of carbonyl (C=O) groups is 1. The minimum absolute atomic E-state index is 0.0833. The Morgan fingerprint density at radius 3 is 2.70 bits per heavy atom. The zero-order chi connectivity index (χ0) is 14.5. The number of benzene rings is 1. The van der Waals surface area contributed by atoms with Crippen LogP contribution >= 0.6 is 0 Å². The Labute approximate surface area is 121 Å². The van der Waals surface area contributed by atoms with Crippen molar-refractivity contribution in [2.45, 2.75) is 32.7 Å². The van der Waals surface area contributed by atoms with Gasteiger partial charge in [0.1, 0.15) is 5.75 Å². The van der Waals surface area contributed by atoms with Gasteiger partial charge in [0.2, 0.25) is 0 Å². The predicted octanol–water partition coefficient (Wildman–Crippen LogP) is 2.22. The van der Waals surface area contributed by atoms with Crippen LogP contribution in [-0.2, 0) is 0 Å². The van der Waals surface area contributed by atoms with Gasteiger partial charge in [-0.15, -0.1) is 0 Å². The quantitative estimate of drug-likeness (QED) is 0.917. The molecule has 1 saturated heterocycles. The normalized spacial score (nSPS) is 15.9. The molecule has 1 amide bonds. The van der Waals surface area contributed by atoms with Gasteiger partial charge in [-0.2, -0.15) is 0 Å². The molecule has 4 nitrogen and oxygen atoms in total. The molecule has 0 spiro atoms. The van der Waals surface area contributed by atoms with Crippen LogP contribution in [0.1, 0.15) is 35.7 Å². The fourth-order valence-electron chi connectivity index (χ4n) is 2.83. The first-order chi connectivity index (χ1) is 9.67. The van der Waals surface area contributed by atoms with Crippen molar-refractivity contribution < 1.29 is 9.53 Å². The summed E-state index contributed by atoms with van der Waals surface area (Å²) in [5.74, 6) is 0.743. The number of aryl methyl sites for hydroxylation is 1. The van der Waals surface area contributed by atoms with Crippen molar-refractivity contribution >= 4 is 5.91 Å². The van der Waals surface area contributed by atoms with Crippen molar-refractivity contribution in [3.8, 4) is 5.75 Å². The van der Waals surface area contributed by atoms with Crippen molar-refractivity contribution in [2.24, 2.45) is 0 Å². The second-order valence-electron chi connectivity index (χ2n) is 5.28. The molecule has 1 aliphatic rings. The molecule has 0 saturated carbocycles. The van der Waals surface area contributed by atoms with Gasteiger partial charge in [0.15, 0.2) is 0 Å². The van der Waals surface area contributed by atoms with Crippen LogP contribution < -0.4 is 10.1 Å². The number of rotatable bonds is 4. The summed E-state index contributed by atoms with van der Waals surface area (Å²) < 4.78 is 5.34. The number of hydrogen-bond acceptors (Lipinski definition) is 3. The largest absolute Gasteiger partial charge is 0.496 e. The van der Waals surface area contributed by atoms with Gasteiger partial charge >= 0.3 is 0 Å². The van der Waals surface area contributed by atoms with Gasteiger partial charge in [-0.25, -0.2) is 0 Å². The number of nitrogens with one attached hydrogen (secondary N) is 1. The Morgan fingerprint density at radius 1 is 1.40 bits per heavy atom. The average Bonchev–Trinajstić information content (AvgIpc) is 2.49. The lowest BCUT2D eigenvalue weighted by Gasteiger charge is -2.34. The van der Waals surface area contributed by atoms with Gasteiger partial charge in [-0.05, 0) is 51.9 Å². The van der Waals surface area contributed by atoms with Crippen LogP contribution in [0.4, 0.5) is 0 Å². The molecule has 2 rings (SSSR count). The van der Waals surface area contributed by atoms with E-state index in [0.29, 0.717) is 17.4 Å². The fraction of sp³-hybridized carbons (Fsp3) is 0.562. The molecule has 0 unspecified atom stereocenters. The van der Waals surface area contributed by atoms with Crippen LogP contribution in [0, 0.1) is 6.92 Å². The molecule has 0 atom stereocenters. The second-order valence-corrected chi connectivity index (χ2v) is 5.28. The number of ether oxygens (including phenoxy) is 1. The van der Waals surface area contributed by atoms with Crippen molar-refractivity contribution in [2.75, 3.05) is 26.7 Å². The first-order valence-electron chi connectivity index (χ1n) is 7.33. The van der Waals surface area contributed by atoms with Gasteiger partial charge in [0.05, 0.1) is 12.7 Å². The third-order valence-corrected chi connectivity index (χ3v) is 3.94. The summed E-state index contributed by atoms with van der Waals surface area (Å²) in [4.78, 5) is 14.8. The van der Waals surface area contributed by atoms with Gasteiger partial charge in [0.25, 0.3) is 5.91 Å². The summed E-state index contributed by atoms with van der Waals surface area (Å²) in [6, 6.07) is 6.10. The molecule has 1 heterocycles. The number of methoxy groups -OCH3 is 1. The van der Waals surface area contributed by atoms with Gasteiger partial charge in [-0.1, -0.05) is 11.6 Å². The van der Waals surface area contributed by atoms with E-state index >= 15 is 0 Å². The minimum atomic E-state index is 0.0833. The number of nitrogens with zero attached hydrogens (tertiary/aromatic N) is 1. The van der Waals surface area contributed by atoms with Crippen LogP contribution in [0.25, 0.3) is 0 Å². The molecule has 0 aliphatic carbocycles. The zero-order valence-electron chi connectivity index (χ0n) is 12.6. The third-order valence-electron chi connectivity index (χ3n) is 3.94. The van der Waals surface area contributed by atoms with E-state index in [9.17, 15) is 4.79 Å². The Morgan fingerprint density at radius 2 is 2.10 bits per heavy atom. The molecule has 1 aromatic carbocycles. The van der Waals surface area contributed by atoms with Crippen LogP contribution in [0.15, 0.2) is 18.2 Å². The van der Waals surface area contributed by atoms with Gasteiger partial charge in [-0.3, -0.25) is 4.79 Å². The molecule has 4 heteroatoms. The third kappa shape index (κ3) is 3.12. The highest BCUT2D eigenvalue weighted by molar-refractivity contribution is 5.97. The van der Waals surface area contributed by atoms with E-state index in [1.165, 1.54) is 0 Å². The topological polar surface area (TPSA) is 41.6 Å². The summed E-state index contributed by atoms with van der Waals surface area (Å²) in [5, 5.41) is 3.34. The first-order valence-corrected chi connectivity index (χ1v) is 7.33. The van der Waals surface area contributed by atoms with E-state index < -0.39 is 0 Å². The van der Waals surface area contributed by atoms with Crippen LogP contribution in [0.5, 0.6) is 5.75 Å². The van der Waals surface area contributed by atoms with Crippen molar-refractivity contribution in [1.82, 2.24) is 10.2 Å². The number of amides is 1. The lowest BCUT2D eigenvalue weighted by atomic mass is 10.0. The number of piperidine rings is 1. The van der Waals surface area contributed by atoms with Crippen LogP contribution in [0.2, 0.25) is 0 Å². The van der Waals surface area contributed by atoms with E-state index in [1.807, 2.05) is 36.9 Å². The fourth-order valence-corrected chi connectivity index (χ4v) is 2.83. The van der Waals surface area contributed by atoms with Crippen molar-refractivity contribution in [3.05, 3.63) is 29.3 Å². The lowest BCUT2D eigenvalue weighted by Crippen LogP contribution is -2.46. The number of hydrogen-bond donors (Lipinski definition) is 1. The number of carbonyl (C=O) groups excluding carboxylic acids is 1. The molecule has 20 heavy (non-hydrogen) atoms. The molecule has 1 aliphatic heterocycles. The first kappa shape index (κ1) is 14.9. The predicted molar refractivity (Wildman–Crippen MR) is 80.3 cm³/mol. The highest BCUT2D eigenvalue weighted by atomic mass is 16.5. The monoisotopic (exact) mass is 276 g/mol. The zero-order valence-corrected chi connectivity index (χ0v) is 12.6. The SMILES string of the molecule is CCN(C(=O)c1cc(C)ccc1OC)C1CCNCC1. The van der Waals surface area contributed by atoms with Gasteiger partial charge in [0, 0.05) is 12.6 Å². The van der Waals surface area contributed by atoms with E-state index in [-0.39, 0.29) is 5.91 Å². The molecule has 110 valence electrons. The maximum Gasteiger partial charge on any atom is 0.257 e. The molecular formula is C16H24N2O2. The molecule has 0 bridgehead atoms. The van der Waals surface area contributed by atoms with Crippen LogP contribution in [0.3, 0.4) is 0 Å². The Bertz CT molecular complexity index is 468. The summed E-state index contributed by atoms with van der Waals surface area (Å²) in [6.45, 7) is 6.75. The molecular weight excluding hydrogens is 252 g/mol. The summed E-state index contributed by atoms with van der Waals surface area (Å²) in [6.07, 6.45) is 2.04. The average molecular weight is 276 g/mol. The van der Waals surface area contributed by atoms with Gasteiger partial charge < -0.3 is 15.0 Å². The second kappa shape index (κ2) is 6.75. The Kier molecular flexibility index (Phi) is 5.01. The van der Waals surface area contributed by atoms with Crippen LogP contribution in [-0.4, -0.2) is 43.6 Å². The highest BCUT2D eigenvalue weighted by Gasteiger charge is 2.26. The molecule has 1 aromatic rings. The van der Waals surface area contributed by atoms with E-state index in [4.69, 9.17) is 4.74 Å². The maximum atomic E-state index is 12.8. The Hall–Kier alpha value is -1.55. The van der Waals surface area contributed by atoms with Crippen molar-refractivity contribution in [3.63, 3.8) is 0 Å². The summed E-state index contributed by atoms with van der Waals surface area (Å²) in [7, 11) is 1.61. The Balaban J connectivity index is 2.25.